The van der Waals surface area contributed by atoms with Crippen molar-refractivity contribution < 1.29 is 4.74 Å². The number of likely N-dealkylation sites (N-methyl/N-ethyl adjacent to an activating group) is 1. The van der Waals surface area contributed by atoms with Crippen LogP contribution in [0, 0.1) is 0 Å². The summed E-state index contributed by atoms with van der Waals surface area (Å²) in [6.45, 7) is 2.18. The standard InChI is InChI=1S/C18H20ClNO/c1-3-7-16-17(20-2)14-10-13(11-15(19)18(14)21-16)12-8-5-4-6-9-12/h4-6,8-11,16-17,20H,3,7H2,1-2H3. The van der Waals surface area contributed by atoms with E-state index in [0.29, 0.717) is 5.02 Å². The van der Waals surface area contributed by atoms with Gasteiger partial charge in [0.1, 0.15) is 11.9 Å². The van der Waals surface area contributed by atoms with E-state index in [1.165, 1.54) is 11.1 Å². The van der Waals surface area contributed by atoms with Gasteiger partial charge in [-0.1, -0.05) is 55.3 Å². The summed E-state index contributed by atoms with van der Waals surface area (Å²) in [5.41, 5.74) is 3.48. The van der Waals surface area contributed by atoms with Crippen LogP contribution in [0.15, 0.2) is 42.5 Å². The molecule has 0 amide bonds. The minimum absolute atomic E-state index is 0.165. The van der Waals surface area contributed by atoms with Gasteiger partial charge in [0.2, 0.25) is 0 Å². The SMILES string of the molecule is CCCC1Oc2c(Cl)cc(-c3ccccc3)cc2C1NC. The minimum Gasteiger partial charge on any atom is -0.487 e. The Morgan fingerprint density at radius 2 is 1.90 bits per heavy atom. The van der Waals surface area contributed by atoms with Crippen molar-refractivity contribution in [2.75, 3.05) is 7.05 Å². The van der Waals surface area contributed by atoms with Crippen LogP contribution in [-0.2, 0) is 0 Å². The molecule has 0 spiro atoms. The van der Waals surface area contributed by atoms with Gasteiger partial charge in [-0.3, -0.25) is 0 Å². The predicted molar refractivity (Wildman–Crippen MR) is 88.0 cm³/mol. The van der Waals surface area contributed by atoms with Crippen molar-refractivity contribution in [3.63, 3.8) is 0 Å². The number of hydrogen-bond donors (Lipinski definition) is 1. The lowest BCUT2D eigenvalue weighted by molar-refractivity contribution is 0.182. The van der Waals surface area contributed by atoms with Crippen molar-refractivity contribution in [1.82, 2.24) is 5.32 Å². The quantitative estimate of drug-likeness (QED) is 0.873. The Bertz CT molecular complexity index is 627. The predicted octanol–water partition coefficient (Wildman–Crippen LogP) is 4.83. The monoisotopic (exact) mass is 301 g/mol. The van der Waals surface area contributed by atoms with E-state index < -0.39 is 0 Å². The summed E-state index contributed by atoms with van der Waals surface area (Å²) >= 11 is 6.46. The highest BCUT2D eigenvalue weighted by molar-refractivity contribution is 6.32. The fourth-order valence-electron chi connectivity index (χ4n) is 3.04. The molecule has 0 radical (unpaired) electrons. The topological polar surface area (TPSA) is 21.3 Å². The lowest BCUT2D eigenvalue weighted by Gasteiger charge is -2.17. The van der Waals surface area contributed by atoms with Crippen molar-refractivity contribution >= 4 is 11.6 Å². The number of benzene rings is 2. The van der Waals surface area contributed by atoms with Crippen molar-refractivity contribution in [2.45, 2.75) is 31.9 Å². The molecule has 110 valence electrons. The van der Waals surface area contributed by atoms with Crippen LogP contribution >= 0.6 is 11.6 Å². The van der Waals surface area contributed by atoms with Gasteiger partial charge in [0.25, 0.3) is 0 Å². The first-order valence-electron chi connectivity index (χ1n) is 7.47. The Balaban J connectivity index is 2.04. The maximum absolute atomic E-state index is 6.46. The van der Waals surface area contributed by atoms with E-state index in [2.05, 4.69) is 30.4 Å². The molecule has 3 heteroatoms. The molecule has 0 fully saturated rings. The third kappa shape index (κ3) is 2.66. The smallest absolute Gasteiger partial charge is 0.143 e. The molecule has 0 aromatic heterocycles. The first-order valence-corrected chi connectivity index (χ1v) is 7.85. The van der Waals surface area contributed by atoms with Crippen molar-refractivity contribution in [3.05, 3.63) is 53.1 Å². The van der Waals surface area contributed by atoms with Crippen molar-refractivity contribution in [2.24, 2.45) is 0 Å². The fourth-order valence-corrected chi connectivity index (χ4v) is 3.31. The number of rotatable bonds is 4. The number of hydrogen-bond acceptors (Lipinski definition) is 2. The molecule has 2 aromatic carbocycles. The number of fused-ring (bicyclic) bond motifs is 1. The fraction of sp³-hybridized carbons (Fsp3) is 0.333. The van der Waals surface area contributed by atoms with Crippen LogP contribution in [0.5, 0.6) is 5.75 Å². The zero-order valence-corrected chi connectivity index (χ0v) is 13.2. The molecule has 2 aromatic rings. The Morgan fingerprint density at radius 1 is 1.14 bits per heavy atom. The largest absolute Gasteiger partial charge is 0.487 e. The van der Waals surface area contributed by atoms with E-state index in [0.717, 1.165) is 24.2 Å². The Morgan fingerprint density at radius 3 is 2.57 bits per heavy atom. The molecule has 21 heavy (non-hydrogen) atoms. The Labute approximate surface area is 131 Å². The molecule has 1 aliphatic heterocycles. The molecule has 1 aliphatic rings. The first-order chi connectivity index (χ1) is 10.2. The van der Waals surface area contributed by atoms with Crippen LogP contribution < -0.4 is 10.1 Å². The summed E-state index contributed by atoms with van der Waals surface area (Å²) in [5, 5.41) is 4.08. The molecule has 1 N–H and O–H groups in total. The van der Waals surface area contributed by atoms with E-state index in [1.807, 2.05) is 31.3 Å². The molecule has 2 unspecified atom stereocenters. The lowest BCUT2D eigenvalue weighted by Crippen LogP contribution is -2.28. The molecular weight excluding hydrogens is 282 g/mol. The van der Waals surface area contributed by atoms with Gasteiger partial charge in [-0.15, -0.1) is 0 Å². The minimum atomic E-state index is 0.165. The van der Waals surface area contributed by atoms with Crippen molar-refractivity contribution in [3.8, 4) is 16.9 Å². The highest BCUT2D eigenvalue weighted by Gasteiger charge is 2.34. The average molecular weight is 302 g/mol. The zero-order valence-electron chi connectivity index (χ0n) is 12.4. The number of halogens is 1. The molecule has 3 rings (SSSR count). The van der Waals surface area contributed by atoms with Gasteiger partial charge in [0.05, 0.1) is 11.1 Å². The average Bonchev–Trinajstić information content (AvgIpc) is 2.86. The van der Waals surface area contributed by atoms with Gasteiger partial charge in [0.15, 0.2) is 0 Å². The van der Waals surface area contributed by atoms with Crippen LogP contribution in [0.3, 0.4) is 0 Å². The third-order valence-corrected chi connectivity index (χ3v) is 4.32. The van der Waals surface area contributed by atoms with Crippen LogP contribution in [0.2, 0.25) is 5.02 Å². The van der Waals surface area contributed by atoms with Gasteiger partial charge in [-0.2, -0.15) is 0 Å². The zero-order chi connectivity index (χ0) is 14.8. The second-order valence-corrected chi connectivity index (χ2v) is 5.86. The summed E-state index contributed by atoms with van der Waals surface area (Å²) in [7, 11) is 1.98. The second-order valence-electron chi connectivity index (χ2n) is 5.45. The number of nitrogens with one attached hydrogen (secondary N) is 1. The van der Waals surface area contributed by atoms with E-state index in [4.69, 9.17) is 16.3 Å². The summed E-state index contributed by atoms with van der Waals surface area (Å²) in [6, 6.07) is 14.7. The maximum atomic E-state index is 6.46. The maximum Gasteiger partial charge on any atom is 0.143 e. The summed E-state index contributed by atoms with van der Waals surface area (Å²) in [4.78, 5) is 0. The molecule has 1 heterocycles. The second kappa shape index (κ2) is 6.08. The molecule has 0 saturated carbocycles. The Hall–Kier alpha value is -1.51. The molecule has 2 nitrogen and oxygen atoms in total. The number of ether oxygens (including phenoxy) is 1. The summed E-state index contributed by atoms with van der Waals surface area (Å²) < 4.78 is 6.08. The van der Waals surface area contributed by atoms with E-state index >= 15 is 0 Å². The van der Waals surface area contributed by atoms with Gasteiger partial charge >= 0.3 is 0 Å². The summed E-state index contributed by atoms with van der Waals surface area (Å²) in [6.07, 6.45) is 2.29. The molecule has 2 atom stereocenters. The normalized spacial score (nSPS) is 20.1. The van der Waals surface area contributed by atoms with Gasteiger partial charge < -0.3 is 10.1 Å². The summed E-state index contributed by atoms with van der Waals surface area (Å²) in [5.74, 6) is 0.842. The molecule has 0 aliphatic carbocycles. The molecular formula is C18H20ClNO. The lowest BCUT2D eigenvalue weighted by atomic mass is 9.96. The highest BCUT2D eigenvalue weighted by Crippen LogP contribution is 2.45. The van der Waals surface area contributed by atoms with E-state index in [1.54, 1.807) is 0 Å². The van der Waals surface area contributed by atoms with E-state index in [9.17, 15) is 0 Å². The van der Waals surface area contributed by atoms with E-state index in [-0.39, 0.29) is 12.1 Å². The third-order valence-electron chi connectivity index (χ3n) is 4.04. The highest BCUT2D eigenvalue weighted by atomic mass is 35.5. The van der Waals surface area contributed by atoms with Gasteiger partial charge in [-0.25, -0.2) is 0 Å². The molecule has 0 bridgehead atoms. The Kier molecular flexibility index (Phi) is 4.18. The van der Waals surface area contributed by atoms with Crippen LogP contribution in [-0.4, -0.2) is 13.2 Å². The van der Waals surface area contributed by atoms with Crippen LogP contribution in [0.4, 0.5) is 0 Å². The molecule has 0 saturated heterocycles. The van der Waals surface area contributed by atoms with Crippen LogP contribution in [0.25, 0.3) is 11.1 Å². The van der Waals surface area contributed by atoms with Crippen LogP contribution in [0.1, 0.15) is 31.4 Å². The first kappa shape index (κ1) is 14.4. The van der Waals surface area contributed by atoms with Gasteiger partial charge in [-0.05, 0) is 36.7 Å². The van der Waals surface area contributed by atoms with Gasteiger partial charge in [0, 0.05) is 5.56 Å². The van der Waals surface area contributed by atoms with Crippen molar-refractivity contribution in [1.29, 1.82) is 0 Å².